The van der Waals surface area contributed by atoms with Gasteiger partial charge in [-0.1, -0.05) is 29.8 Å². The molecule has 0 atom stereocenters. The van der Waals surface area contributed by atoms with Crippen LogP contribution in [0.2, 0.25) is 0 Å². The molecule has 0 fully saturated rings. The molecule has 100 valence electrons. The first-order valence-electron chi connectivity index (χ1n) is 5.97. The number of anilines is 1. The highest BCUT2D eigenvalue weighted by atomic mass is 79.9. The molecular formula is C13H18BrFN2O. The van der Waals surface area contributed by atoms with Crippen LogP contribution in [-0.4, -0.2) is 18.5 Å². The Hall–Kier alpha value is -0.940. The maximum absolute atomic E-state index is 13.4. The normalized spacial score (nSPS) is 10.7. The summed E-state index contributed by atoms with van der Waals surface area (Å²) in [6.07, 6.45) is 1.12. The van der Waals surface area contributed by atoms with Crippen LogP contribution in [0.1, 0.15) is 26.7 Å². The molecule has 5 heteroatoms. The molecule has 0 saturated heterocycles. The zero-order chi connectivity index (χ0) is 13.5. The molecule has 18 heavy (non-hydrogen) atoms. The first-order valence-corrected chi connectivity index (χ1v) is 6.76. The van der Waals surface area contributed by atoms with Crippen molar-refractivity contribution in [2.75, 3.05) is 11.9 Å². The predicted octanol–water partition coefficient (Wildman–Crippen LogP) is 3.30. The van der Waals surface area contributed by atoms with Crippen molar-refractivity contribution in [2.45, 2.75) is 32.7 Å². The molecular weight excluding hydrogens is 299 g/mol. The van der Waals surface area contributed by atoms with E-state index in [4.69, 9.17) is 0 Å². The van der Waals surface area contributed by atoms with E-state index in [0.29, 0.717) is 16.9 Å². The third kappa shape index (κ3) is 5.60. The number of amides is 1. The quantitative estimate of drug-likeness (QED) is 0.791. The van der Waals surface area contributed by atoms with Crippen LogP contribution in [-0.2, 0) is 4.79 Å². The second-order valence-electron chi connectivity index (χ2n) is 4.38. The largest absolute Gasteiger partial charge is 0.324 e. The van der Waals surface area contributed by atoms with E-state index in [1.165, 1.54) is 6.07 Å². The van der Waals surface area contributed by atoms with Crippen LogP contribution in [0.4, 0.5) is 10.1 Å². The van der Waals surface area contributed by atoms with Crippen molar-refractivity contribution in [3.63, 3.8) is 0 Å². The predicted molar refractivity (Wildman–Crippen MR) is 75.1 cm³/mol. The maximum Gasteiger partial charge on any atom is 0.224 e. The van der Waals surface area contributed by atoms with Crippen LogP contribution in [0.5, 0.6) is 0 Å². The summed E-state index contributed by atoms with van der Waals surface area (Å²) in [5, 5.41) is 5.79. The van der Waals surface area contributed by atoms with Gasteiger partial charge in [0.15, 0.2) is 0 Å². The number of benzene rings is 1. The summed E-state index contributed by atoms with van der Waals surface area (Å²) in [5.74, 6) is -0.597. The van der Waals surface area contributed by atoms with E-state index in [0.717, 1.165) is 13.0 Å². The Kier molecular flexibility index (Phi) is 6.29. The average molecular weight is 317 g/mol. The van der Waals surface area contributed by atoms with Gasteiger partial charge in [-0.05, 0) is 31.2 Å². The second kappa shape index (κ2) is 7.48. The zero-order valence-corrected chi connectivity index (χ0v) is 12.2. The van der Waals surface area contributed by atoms with Gasteiger partial charge in [-0.3, -0.25) is 4.79 Å². The summed E-state index contributed by atoms with van der Waals surface area (Å²) in [7, 11) is 0. The molecule has 0 radical (unpaired) electrons. The lowest BCUT2D eigenvalue weighted by molar-refractivity contribution is -0.116. The van der Waals surface area contributed by atoms with E-state index in [-0.39, 0.29) is 11.6 Å². The van der Waals surface area contributed by atoms with Crippen LogP contribution in [0.3, 0.4) is 0 Å². The molecule has 0 aliphatic heterocycles. The number of carbonyl (C=O) groups is 1. The Bertz CT molecular complexity index is 410. The topological polar surface area (TPSA) is 41.1 Å². The van der Waals surface area contributed by atoms with Gasteiger partial charge >= 0.3 is 0 Å². The van der Waals surface area contributed by atoms with E-state index in [2.05, 4.69) is 40.4 Å². The van der Waals surface area contributed by atoms with E-state index >= 15 is 0 Å². The minimum atomic E-state index is -0.432. The molecule has 0 aromatic heterocycles. The van der Waals surface area contributed by atoms with Crippen molar-refractivity contribution in [2.24, 2.45) is 0 Å². The summed E-state index contributed by atoms with van der Waals surface area (Å²) in [6.45, 7) is 4.89. The van der Waals surface area contributed by atoms with Gasteiger partial charge in [0.2, 0.25) is 5.91 Å². The van der Waals surface area contributed by atoms with Crippen LogP contribution < -0.4 is 10.6 Å². The van der Waals surface area contributed by atoms with Gasteiger partial charge in [-0.2, -0.15) is 0 Å². The Labute approximate surface area is 115 Å². The molecule has 2 N–H and O–H groups in total. The highest BCUT2D eigenvalue weighted by molar-refractivity contribution is 9.10. The zero-order valence-electron chi connectivity index (χ0n) is 10.6. The average Bonchev–Trinajstić information content (AvgIpc) is 2.28. The smallest absolute Gasteiger partial charge is 0.224 e. The third-order valence-corrected chi connectivity index (χ3v) is 2.83. The number of hydrogen-bond acceptors (Lipinski definition) is 2. The standard InChI is InChI=1S/C13H18BrFN2O/c1-9(2)16-7-3-4-13(18)17-12-6-5-10(14)8-11(12)15/h5-6,8-9,16H,3-4,7H2,1-2H3,(H,17,18). The molecule has 0 aliphatic carbocycles. The minimum Gasteiger partial charge on any atom is -0.324 e. The molecule has 3 nitrogen and oxygen atoms in total. The third-order valence-electron chi connectivity index (χ3n) is 2.34. The van der Waals surface area contributed by atoms with Gasteiger partial charge in [-0.25, -0.2) is 4.39 Å². The Morgan fingerprint density at radius 2 is 2.17 bits per heavy atom. The van der Waals surface area contributed by atoms with E-state index in [9.17, 15) is 9.18 Å². The SMILES string of the molecule is CC(C)NCCCC(=O)Nc1ccc(Br)cc1F. The first kappa shape index (κ1) is 15.1. The van der Waals surface area contributed by atoms with E-state index in [1.807, 2.05) is 0 Å². The number of nitrogens with one attached hydrogen (secondary N) is 2. The molecule has 0 saturated carbocycles. The molecule has 0 aliphatic rings. The van der Waals surface area contributed by atoms with Crippen LogP contribution in [0, 0.1) is 5.82 Å². The van der Waals surface area contributed by atoms with Gasteiger partial charge in [-0.15, -0.1) is 0 Å². The molecule has 1 rings (SSSR count). The molecule has 1 aromatic carbocycles. The van der Waals surface area contributed by atoms with Crippen molar-refractivity contribution < 1.29 is 9.18 Å². The molecule has 1 aromatic rings. The number of rotatable bonds is 6. The summed E-state index contributed by atoms with van der Waals surface area (Å²) >= 11 is 3.17. The summed E-state index contributed by atoms with van der Waals surface area (Å²) in [6, 6.07) is 4.98. The number of hydrogen-bond donors (Lipinski definition) is 2. The van der Waals surface area contributed by atoms with Crippen LogP contribution >= 0.6 is 15.9 Å². The van der Waals surface area contributed by atoms with Crippen molar-refractivity contribution in [3.8, 4) is 0 Å². The van der Waals surface area contributed by atoms with Gasteiger partial charge in [0.1, 0.15) is 5.82 Å². The monoisotopic (exact) mass is 316 g/mol. The fourth-order valence-corrected chi connectivity index (χ4v) is 1.78. The van der Waals surface area contributed by atoms with Gasteiger partial charge in [0.25, 0.3) is 0 Å². The van der Waals surface area contributed by atoms with Crippen LogP contribution in [0.25, 0.3) is 0 Å². The fraction of sp³-hybridized carbons (Fsp3) is 0.462. The summed E-state index contributed by atoms with van der Waals surface area (Å²) < 4.78 is 14.1. The van der Waals surface area contributed by atoms with Crippen molar-refractivity contribution in [1.29, 1.82) is 0 Å². The lowest BCUT2D eigenvalue weighted by Gasteiger charge is -2.09. The van der Waals surface area contributed by atoms with Crippen molar-refractivity contribution in [3.05, 3.63) is 28.5 Å². The van der Waals surface area contributed by atoms with Crippen molar-refractivity contribution in [1.82, 2.24) is 5.32 Å². The molecule has 1 amide bonds. The Balaban J connectivity index is 2.35. The van der Waals surface area contributed by atoms with E-state index in [1.54, 1.807) is 12.1 Å². The molecule has 0 bridgehead atoms. The van der Waals surface area contributed by atoms with Gasteiger partial charge in [0.05, 0.1) is 5.69 Å². The van der Waals surface area contributed by atoms with E-state index < -0.39 is 5.82 Å². The maximum atomic E-state index is 13.4. The molecule has 0 heterocycles. The van der Waals surface area contributed by atoms with Gasteiger partial charge < -0.3 is 10.6 Å². The number of carbonyl (C=O) groups excluding carboxylic acids is 1. The highest BCUT2D eigenvalue weighted by Crippen LogP contribution is 2.19. The van der Waals surface area contributed by atoms with Gasteiger partial charge in [0, 0.05) is 16.9 Å². The number of halogens is 2. The fourth-order valence-electron chi connectivity index (χ4n) is 1.44. The summed E-state index contributed by atoms with van der Waals surface area (Å²) in [4.78, 5) is 11.6. The second-order valence-corrected chi connectivity index (χ2v) is 5.30. The minimum absolute atomic E-state index is 0.165. The first-order chi connectivity index (χ1) is 8.49. The lowest BCUT2D eigenvalue weighted by atomic mass is 10.2. The van der Waals surface area contributed by atoms with Crippen molar-refractivity contribution >= 4 is 27.5 Å². The summed E-state index contributed by atoms with van der Waals surface area (Å²) in [5.41, 5.74) is 0.222. The van der Waals surface area contributed by atoms with Crippen LogP contribution in [0.15, 0.2) is 22.7 Å². The lowest BCUT2D eigenvalue weighted by Crippen LogP contribution is -2.24. The Morgan fingerprint density at radius 3 is 2.78 bits per heavy atom. The molecule has 0 unspecified atom stereocenters. The highest BCUT2D eigenvalue weighted by Gasteiger charge is 2.07. The Morgan fingerprint density at radius 1 is 1.44 bits per heavy atom. The molecule has 0 spiro atoms.